The van der Waals surface area contributed by atoms with E-state index in [-0.39, 0.29) is 10.7 Å². The summed E-state index contributed by atoms with van der Waals surface area (Å²) in [6.07, 6.45) is 0. The van der Waals surface area contributed by atoms with Crippen LogP contribution in [0, 0.1) is 0 Å². The van der Waals surface area contributed by atoms with E-state index in [1.807, 2.05) is 0 Å². The van der Waals surface area contributed by atoms with Gasteiger partial charge in [0.15, 0.2) is 5.11 Å². The van der Waals surface area contributed by atoms with Crippen molar-refractivity contribution >= 4 is 34.9 Å². The van der Waals surface area contributed by atoms with Crippen LogP contribution in [0.15, 0.2) is 48.5 Å². The minimum atomic E-state index is -1.04. The van der Waals surface area contributed by atoms with Crippen molar-refractivity contribution < 1.29 is 19.4 Å². The molecule has 0 heterocycles. The summed E-state index contributed by atoms with van der Waals surface area (Å²) in [4.78, 5) is 23.0. The summed E-state index contributed by atoms with van der Waals surface area (Å²) < 4.78 is 5.06. The highest BCUT2D eigenvalue weighted by atomic mass is 32.1. The molecule has 0 saturated heterocycles. The summed E-state index contributed by atoms with van der Waals surface area (Å²) in [5.41, 5.74) is 0.991. The lowest BCUT2D eigenvalue weighted by Crippen LogP contribution is -2.34. The second-order valence-corrected chi connectivity index (χ2v) is 4.93. The molecular weight excluding hydrogens is 316 g/mol. The molecule has 0 aromatic heterocycles. The molecule has 0 unspecified atom stereocenters. The van der Waals surface area contributed by atoms with Gasteiger partial charge in [-0.2, -0.15) is 0 Å². The van der Waals surface area contributed by atoms with Gasteiger partial charge in [0, 0.05) is 11.3 Å². The van der Waals surface area contributed by atoms with Gasteiger partial charge in [0.25, 0.3) is 5.91 Å². The SMILES string of the molecule is COc1cccc(C(=O)NC(=S)Nc2cccc(C(=O)O)c2)c1. The van der Waals surface area contributed by atoms with E-state index in [0.29, 0.717) is 17.0 Å². The van der Waals surface area contributed by atoms with Crippen LogP contribution in [-0.2, 0) is 0 Å². The third kappa shape index (κ3) is 4.52. The van der Waals surface area contributed by atoms with Crippen LogP contribution in [0.5, 0.6) is 5.75 Å². The summed E-state index contributed by atoms with van der Waals surface area (Å²) in [7, 11) is 1.51. The molecule has 2 rings (SSSR count). The van der Waals surface area contributed by atoms with Crippen LogP contribution in [-0.4, -0.2) is 29.2 Å². The monoisotopic (exact) mass is 330 g/mol. The van der Waals surface area contributed by atoms with Crippen LogP contribution >= 0.6 is 12.2 Å². The molecule has 0 fully saturated rings. The Morgan fingerprint density at radius 1 is 1.09 bits per heavy atom. The van der Waals surface area contributed by atoms with Gasteiger partial charge >= 0.3 is 5.97 Å². The lowest BCUT2D eigenvalue weighted by molar-refractivity contribution is 0.0696. The van der Waals surface area contributed by atoms with Crippen LogP contribution in [0.3, 0.4) is 0 Å². The number of methoxy groups -OCH3 is 1. The van der Waals surface area contributed by atoms with E-state index < -0.39 is 11.9 Å². The third-order valence-corrected chi connectivity index (χ3v) is 3.13. The first-order valence-electron chi connectivity index (χ1n) is 6.59. The topological polar surface area (TPSA) is 87.7 Å². The van der Waals surface area contributed by atoms with Crippen molar-refractivity contribution in [2.24, 2.45) is 0 Å². The first-order chi connectivity index (χ1) is 11.0. The maximum Gasteiger partial charge on any atom is 0.335 e. The highest BCUT2D eigenvalue weighted by Gasteiger charge is 2.10. The number of ether oxygens (including phenoxy) is 1. The van der Waals surface area contributed by atoms with Crippen molar-refractivity contribution in [2.75, 3.05) is 12.4 Å². The summed E-state index contributed by atoms with van der Waals surface area (Å²) in [6.45, 7) is 0. The molecule has 0 radical (unpaired) electrons. The predicted molar refractivity (Wildman–Crippen MR) is 90.1 cm³/mol. The Kier molecular flexibility index (Phi) is 5.27. The van der Waals surface area contributed by atoms with Gasteiger partial charge in [-0.3, -0.25) is 10.1 Å². The number of anilines is 1. The molecule has 7 heteroatoms. The number of carbonyl (C=O) groups is 2. The molecule has 23 heavy (non-hydrogen) atoms. The van der Waals surface area contributed by atoms with E-state index in [4.69, 9.17) is 22.1 Å². The van der Waals surface area contributed by atoms with Crippen LogP contribution in [0.4, 0.5) is 5.69 Å². The lowest BCUT2D eigenvalue weighted by Gasteiger charge is -2.10. The number of nitrogens with one attached hydrogen (secondary N) is 2. The average molecular weight is 330 g/mol. The number of carboxylic acids is 1. The van der Waals surface area contributed by atoms with E-state index in [1.165, 1.54) is 19.2 Å². The molecule has 2 aromatic carbocycles. The molecule has 0 saturated carbocycles. The smallest absolute Gasteiger partial charge is 0.335 e. The molecule has 0 aliphatic heterocycles. The summed E-state index contributed by atoms with van der Waals surface area (Å²) in [5, 5.41) is 14.3. The number of thiocarbonyl (C=S) groups is 1. The van der Waals surface area contributed by atoms with Gasteiger partial charge in [-0.25, -0.2) is 4.79 Å². The summed E-state index contributed by atoms with van der Waals surface area (Å²) in [6, 6.07) is 12.8. The van der Waals surface area contributed by atoms with Gasteiger partial charge in [0.05, 0.1) is 12.7 Å². The number of benzene rings is 2. The predicted octanol–water partition coefficient (Wildman–Crippen LogP) is 2.52. The fourth-order valence-corrected chi connectivity index (χ4v) is 2.04. The van der Waals surface area contributed by atoms with Crippen LogP contribution < -0.4 is 15.4 Å². The Labute approximate surface area is 138 Å². The van der Waals surface area contributed by atoms with E-state index in [9.17, 15) is 9.59 Å². The largest absolute Gasteiger partial charge is 0.497 e. The highest BCUT2D eigenvalue weighted by molar-refractivity contribution is 7.80. The Morgan fingerprint density at radius 3 is 2.48 bits per heavy atom. The van der Waals surface area contributed by atoms with Gasteiger partial charge in [0.1, 0.15) is 5.75 Å². The molecule has 1 amide bonds. The second kappa shape index (κ2) is 7.37. The molecule has 0 aliphatic rings. The lowest BCUT2D eigenvalue weighted by atomic mass is 10.2. The van der Waals surface area contributed by atoms with Gasteiger partial charge in [0.2, 0.25) is 0 Å². The van der Waals surface area contributed by atoms with Crippen molar-refractivity contribution in [3.63, 3.8) is 0 Å². The molecule has 6 nitrogen and oxygen atoms in total. The third-order valence-electron chi connectivity index (χ3n) is 2.93. The fourth-order valence-electron chi connectivity index (χ4n) is 1.83. The van der Waals surface area contributed by atoms with Crippen LogP contribution in [0.25, 0.3) is 0 Å². The van der Waals surface area contributed by atoms with Crippen LogP contribution in [0.1, 0.15) is 20.7 Å². The van der Waals surface area contributed by atoms with Crippen molar-refractivity contribution in [2.45, 2.75) is 0 Å². The average Bonchev–Trinajstić information content (AvgIpc) is 2.55. The molecule has 0 bridgehead atoms. The maximum absolute atomic E-state index is 12.1. The Balaban J connectivity index is 2.02. The number of aromatic carboxylic acids is 1. The molecule has 2 aromatic rings. The highest BCUT2D eigenvalue weighted by Crippen LogP contribution is 2.13. The maximum atomic E-state index is 12.1. The summed E-state index contributed by atoms with van der Waals surface area (Å²) >= 11 is 5.06. The number of rotatable bonds is 4. The van der Waals surface area contributed by atoms with Gasteiger partial charge in [-0.15, -0.1) is 0 Å². The van der Waals surface area contributed by atoms with Crippen molar-refractivity contribution in [1.82, 2.24) is 5.32 Å². The van der Waals surface area contributed by atoms with Crippen molar-refractivity contribution in [3.05, 3.63) is 59.7 Å². The quantitative estimate of drug-likeness (QED) is 0.747. The summed E-state index contributed by atoms with van der Waals surface area (Å²) in [5.74, 6) is -0.874. The van der Waals surface area contributed by atoms with E-state index in [1.54, 1.807) is 36.4 Å². The fraction of sp³-hybridized carbons (Fsp3) is 0.0625. The first kappa shape index (κ1) is 16.4. The van der Waals surface area contributed by atoms with Gasteiger partial charge < -0.3 is 15.2 Å². The zero-order valence-corrected chi connectivity index (χ0v) is 13.0. The van der Waals surface area contributed by atoms with E-state index in [0.717, 1.165) is 0 Å². The van der Waals surface area contributed by atoms with Gasteiger partial charge in [-0.05, 0) is 48.6 Å². The molecule has 118 valence electrons. The van der Waals surface area contributed by atoms with Gasteiger partial charge in [-0.1, -0.05) is 12.1 Å². The number of hydrogen-bond donors (Lipinski definition) is 3. The van der Waals surface area contributed by atoms with E-state index in [2.05, 4.69) is 10.6 Å². The zero-order valence-electron chi connectivity index (χ0n) is 12.2. The molecule has 3 N–H and O–H groups in total. The Bertz CT molecular complexity index is 761. The molecule has 0 atom stereocenters. The molecular formula is C16H14N2O4S. The van der Waals surface area contributed by atoms with E-state index >= 15 is 0 Å². The molecule has 0 aliphatic carbocycles. The first-order valence-corrected chi connectivity index (χ1v) is 7.00. The number of amides is 1. The minimum absolute atomic E-state index is 0.0698. The second-order valence-electron chi connectivity index (χ2n) is 4.53. The number of hydrogen-bond acceptors (Lipinski definition) is 4. The van der Waals surface area contributed by atoms with Crippen molar-refractivity contribution in [1.29, 1.82) is 0 Å². The number of carboxylic acid groups (broad SMARTS) is 1. The standard InChI is InChI=1S/C16H14N2O4S/c1-22-13-7-3-4-10(9-13)14(19)18-16(23)17-12-6-2-5-11(8-12)15(20)21/h2-9H,1H3,(H,20,21)(H2,17,18,19,23). The molecule has 0 spiro atoms. The normalized spacial score (nSPS) is 9.78. The Hall–Kier alpha value is -2.93. The minimum Gasteiger partial charge on any atom is -0.497 e. The zero-order chi connectivity index (χ0) is 16.8. The number of carbonyl (C=O) groups excluding carboxylic acids is 1. The van der Waals surface area contributed by atoms with Crippen LogP contribution in [0.2, 0.25) is 0 Å². The Morgan fingerprint density at radius 2 is 1.78 bits per heavy atom. The van der Waals surface area contributed by atoms with Crippen molar-refractivity contribution in [3.8, 4) is 5.75 Å².